The van der Waals surface area contributed by atoms with Gasteiger partial charge in [0.2, 0.25) is 0 Å². The molecule has 0 aliphatic carbocycles. The quantitative estimate of drug-likeness (QED) is 0.444. The third-order valence-electron chi connectivity index (χ3n) is 4.21. The standard InChI is InChI=1S/C22H15Cl2N3O/c23-16-11-12-20(19(24)13-16)25-22(28)18-14-27(17-9-5-2-6-10-17)26-21(18)15-7-3-1-4-8-15/h1-14H,(H,25,28). The molecule has 0 atom stereocenters. The zero-order chi connectivity index (χ0) is 19.5. The largest absolute Gasteiger partial charge is 0.321 e. The maximum absolute atomic E-state index is 13.0. The smallest absolute Gasteiger partial charge is 0.259 e. The predicted molar refractivity (Wildman–Crippen MR) is 113 cm³/mol. The van der Waals surface area contributed by atoms with E-state index < -0.39 is 0 Å². The highest BCUT2D eigenvalue weighted by Gasteiger charge is 2.19. The second-order valence-corrected chi connectivity index (χ2v) is 6.96. The van der Waals surface area contributed by atoms with Gasteiger partial charge < -0.3 is 5.32 Å². The number of para-hydroxylation sites is 1. The molecule has 0 saturated heterocycles. The van der Waals surface area contributed by atoms with E-state index in [2.05, 4.69) is 10.4 Å². The molecule has 4 nitrogen and oxygen atoms in total. The van der Waals surface area contributed by atoms with Crippen LogP contribution in [0.1, 0.15) is 10.4 Å². The number of rotatable bonds is 4. The van der Waals surface area contributed by atoms with Gasteiger partial charge in [0.25, 0.3) is 5.91 Å². The Morgan fingerprint density at radius 3 is 2.25 bits per heavy atom. The van der Waals surface area contributed by atoms with Gasteiger partial charge in [0.1, 0.15) is 5.69 Å². The van der Waals surface area contributed by atoms with E-state index in [1.54, 1.807) is 29.1 Å². The van der Waals surface area contributed by atoms with Crippen LogP contribution in [0.5, 0.6) is 0 Å². The third kappa shape index (κ3) is 3.79. The lowest BCUT2D eigenvalue weighted by Gasteiger charge is -2.07. The number of anilines is 1. The zero-order valence-corrected chi connectivity index (χ0v) is 16.2. The molecule has 3 aromatic carbocycles. The van der Waals surface area contributed by atoms with Crippen LogP contribution in [0.15, 0.2) is 85.1 Å². The van der Waals surface area contributed by atoms with Gasteiger partial charge in [-0.25, -0.2) is 4.68 Å². The number of halogens is 2. The molecule has 138 valence electrons. The van der Waals surface area contributed by atoms with Crippen molar-refractivity contribution < 1.29 is 4.79 Å². The minimum Gasteiger partial charge on any atom is -0.321 e. The molecule has 0 spiro atoms. The van der Waals surface area contributed by atoms with Crippen LogP contribution in [0.25, 0.3) is 16.9 Å². The van der Waals surface area contributed by atoms with Crippen molar-refractivity contribution in [2.75, 3.05) is 5.32 Å². The number of aromatic nitrogens is 2. The second kappa shape index (κ2) is 7.89. The predicted octanol–water partition coefficient (Wildman–Crippen LogP) is 6.10. The van der Waals surface area contributed by atoms with Gasteiger partial charge in [-0.1, -0.05) is 71.7 Å². The van der Waals surface area contributed by atoms with Crippen LogP contribution in [-0.4, -0.2) is 15.7 Å². The number of hydrogen-bond acceptors (Lipinski definition) is 2. The molecule has 6 heteroatoms. The molecule has 0 fully saturated rings. The summed E-state index contributed by atoms with van der Waals surface area (Å²) < 4.78 is 1.70. The first-order chi connectivity index (χ1) is 13.6. The highest BCUT2D eigenvalue weighted by Crippen LogP contribution is 2.28. The van der Waals surface area contributed by atoms with Crippen LogP contribution in [0, 0.1) is 0 Å². The number of carbonyl (C=O) groups is 1. The summed E-state index contributed by atoms with van der Waals surface area (Å²) in [4.78, 5) is 13.0. The van der Waals surface area contributed by atoms with Crippen LogP contribution < -0.4 is 5.32 Å². The molecular weight excluding hydrogens is 393 g/mol. The number of carbonyl (C=O) groups excluding carboxylic acids is 1. The lowest BCUT2D eigenvalue weighted by molar-refractivity contribution is 0.102. The molecule has 0 aliphatic rings. The van der Waals surface area contributed by atoms with Gasteiger partial charge in [-0.15, -0.1) is 0 Å². The van der Waals surface area contributed by atoms with Gasteiger partial charge in [-0.05, 0) is 30.3 Å². The van der Waals surface area contributed by atoms with Gasteiger partial charge in [0, 0.05) is 16.8 Å². The Morgan fingerprint density at radius 2 is 1.57 bits per heavy atom. The molecule has 0 saturated carbocycles. The van der Waals surface area contributed by atoms with Crippen LogP contribution in [-0.2, 0) is 0 Å². The van der Waals surface area contributed by atoms with Gasteiger partial charge in [-0.3, -0.25) is 4.79 Å². The van der Waals surface area contributed by atoms with Crippen LogP contribution in [0.4, 0.5) is 5.69 Å². The molecule has 0 radical (unpaired) electrons. The normalized spacial score (nSPS) is 10.6. The highest BCUT2D eigenvalue weighted by molar-refractivity contribution is 6.36. The van der Waals surface area contributed by atoms with Gasteiger partial charge in [0.15, 0.2) is 0 Å². The first kappa shape index (κ1) is 18.3. The summed E-state index contributed by atoms with van der Waals surface area (Å²) >= 11 is 12.1. The molecule has 4 rings (SSSR count). The Labute approximate surface area is 172 Å². The summed E-state index contributed by atoms with van der Waals surface area (Å²) in [6, 6.07) is 24.2. The van der Waals surface area contributed by atoms with Crippen molar-refractivity contribution in [2.45, 2.75) is 0 Å². The van der Waals surface area contributed by atoms with Crippen LogP contribution >= 0.6 is 23.2 Å². The van der Waals surface area contributed by atoms with E-state index in [1.165, 1.54) is 0 Å². The molecule has 4 aromatic rings. The zero-order valence-electron chi connectivity index (χ0n) is 14.6. The lowest BCUT2D eigenvalue weighted by atomic mass is 10.1. The van der Waals surface area contributed by atoms with Crippen molar-refractivity contribution in [1.82, 2.24) is 9.78 Å². The van der Waals surface area contributed by atoms with Crippen LogP contribution in [0.2, 0.25) is 10.0 Å². The molecule has 0 bridgehead atoms. The molecule has 0 unspecified atom stereocenters. The van der Waals surface area contributed by atoms with Gasteiger partial charge >= 0.3 is 0 Å². The summed E-state index contributed by atoms with van der Waals surface area (Å²) in [6.45, 7) is 0. The molecule has 0 aliphatic heterocycles. The number of amides is 1. The minimum absolute atomic E-state index is 0.301. The summed E-state index contributed by atoms with van der Waals surface area (Å²) in [6.07, 6.45) is 1.72. The van der Waals surface area contributed by atoms with E-state index in [-0.39, 0.29) is 5.91 Å². The maximum Gasteiger partial charge on any atom is 0.259 e. The van der Waals surface area contributed by atoms with E-state index in [1.807, 2.05) is 60.7 Å². The van der Waals surface area contributed by atoms with Crippen molar-refractivity contribution in [3.05, 3.63) is 101 Å². The van der Waals surface area contributed by atoms with E-state index in [0.717, 1.165) is 11.3 Å². The Bertz CT molecular complexity index is 1130. The van der Waals surface area contributed by atoms with Crippen molar-refractivity contribution >= 4 is 34.8 Å². The fourth-order valence-electron chi connectivity index (χ4n) is 2.84. The topological polar surface area (TPSA) is 46.9 Å². The van der Waals surface area contributed by atoms with Crippen molar-refractivity contribution in [3.8, 4) is 16.9 Å². The third-order valence-corrected chi connectivity index (χ3v) is 4.75. The van der Waals surface area contributed by atoms with Crippen molar-refractivity contribution in [2.24, 2.45) is 0 Å². The summed E-state index contributed by atoms with van der Waals surface area (Å²) in [7, 11) is 0. The van der Waals surface area contributed by atoms with Gasteiger partial charge in [-0.2, -0.15) is 5.10 Å². The summed E-state index contributed by atoms with van der Waals surface area (Å²) in [5, 5.41) is 8.37. The average Bonchev–Trinajstić information content (AvgIpc) is 3.17. The average molecular weight is 408 g/mol. The number of nitrogens with zero attached hydrogens (tertiary/aromatic N) is 2. The van der Waals surface area contributed by atoms with E-state index in [4.69, 9.17) is 23.2 Å². The second-order valence-electron chi connectivity index (χ2n) is 6.12. The minimum atomic E-state index is -0.301. The van der Waals surface area contributed by atoms with E-state index >= 15 is 0 Å². The Morgan fingerprint density at radius 1 is 0.893 bits per heavy atom. The molecule has 1 heterocycles. The monoisotopic (exact) mass is 407 g/mol. The molecule has 28 heavy (non-hydrogen) atoms. The van der Waals surface area contributed by atoms with E-state index in [9.17, 15) is 4.79 Å². The number of hydrogen-bond donors (Lipinski definition) is 1. The molecule has 1 N–H and O–H groups in total. The Hall–Kier alpha value is -3.08. The fraction of sp³-hybridized carbons (Fsp3) is 0. The van der Waals surface area contributed by atoms with Gasteiger partial charge in [0.05, 0.1) is 22.0 Å². The lowest BCUT2D eigenvalue weighted by Crippen LogP contribution is -2.12. The van der Waals surface area contributed by atoms with Crippen molar-refractivity contribution in [3.63, 3.8) is 0 Å². The number of benzene rings is 3. The maximum atomic E-state index is 13.0. The molecule has 1 amide bonds. The fourth-order valence-corrected chi connectivity index (χ4v) is 3.30. The molecular formula is C22H15Cl2N3O. The Kier molecular flexibility index (Phi) is 5.15. The van der Waals surface area contributed by atoms with E-state index in [0.29, 0.717) is 27.0 Å². The SMILES string of the molecule is O=C(Nc1ccc(Cl)cc1Cl)c1cn(-c2ccccc2)nc1-c1ccccc1. The first-order valence-corrected chi connectivity index (χ1v) is 9.34. The summed E-state index contributed by atoms with van der Waals surface area (Å²) in [5.41, 5.74) is 3.24. The first-order valence-electron chi connectivity index (χ1n) is 8.59. The van der Waals surface area contributed by atoms with Crippen molar-refractivity contribution in [1.29, 1.82) is 0 Å². The summed E-state index contributed by atoms with van der Waals surface area (Å²) in [5.74, 6) is -0.301. The molecule has 1 aromatic heterocycles. The highest BCUT2D eigenvalue weighted by atomic mass is 35.5. The van der Waals surface area contributed by atoms with Crippen LogP contribution in [0.3, 0.4) is 0 Å². The Balaban J connectivity index is 1.76. The number of nitrogens with one attached hydrogen (secondary N) is 1.